The van der Waals surface area contributed by atoms with E-state index in [-0.39, 0.29) is 5.91 Å². The lowest BCUT2D eigenvalue weighted by molar-refractivity contribution is -0.116. The molecule has 120 valence electrons. The molecule has 1 amide bonds. The van der Waals surface area contributed by atoms with Crippen LogP contribution in [0.2, 0.25) is 5.02 Å². The van der Waals surface area contributed by atoms with E-state index in [0.29, 0.717) is 12.5 Å². The molecule has 0 aliphatic carbocycles. The molecule has 2 nitrogen and oxygen atoms in total. The van der Waals surface area contributed by atoms with Crippen LogP contribution in [0, 0.1) is 5.92 Å². The van der Waals surface area contributed by atoms with Gasteiger partial charge in [-0.1, -0.05) is 67.9 Å². The van der Waals surface area contributed by atoms with Gasteiger partial charge in [0.15, 0.2) is 0 Å². The predicted octanol–water partition coefficient (Wildman–Crippen LogP) is 4.92. The normalized spacial score (nSPS) is 11.8. The third-order valence-electron chi connectivity index (χ3n) is 3.40. The first kappa shape index (κ1) is 17.3. The highest BCUT2D eigenvalue weighted by Crippen LogP contribution is 2.20. The van der Waals surface area contributed by atoms with E-state index >= 15 is 0 Å². The van der Waals surface area contributed by atoms with E-state index in [4.69, 9.17) is 11.6 Å². The maximum absolute atomic E-state index is 11.5. The van der Waals surface area contributed by atoms with Gasteiger partial charge < -0.3 is 5.32 Å². The summed E-state index contributed by atoms with van der Waals surface area (Å²) in [5, 5.41) is 5.92. The van der Waals surface area contributed by atoms with Gasteiger partial charge in [-0.15, -0.1) is 0 Å². The topological polar surface area (TPSA) is 29.1 Å². The molecule has 2 aromatic carbocycles. The number of carbonyl (C=O) groups excluding carboxylic acids is 1. The predicted molar refractivity (Wildman–Crippen MR) is 98.8 cm³/mol. The highest BCUT2D eigenvalue weighted by Gasteiger charge is 1.97. The van der Waals surface area contributed by atoms with Crippen molar-refractivity contribution >= 4 is 28.3 Å². The molecule has 0 fully saturated rings. The summed E-state index contributed by atoms with van der Waals surface area (Å²) in [6.45, 7) is 4.84. The monoisotopic (exact) mass is 327 g/mol. The summed E-state index contributed by atoms with van der Waals surface area (Å²) >= 11 is 6.03. The fourth-order valence-corrected chi connectivity index (χ4v) is 2.36. The van der Waals surface area contributed by atoms with Crippen molar-refractivity contribution < 1.29 is 4.79 Å². The first-order valence-corrected chi connectivity index (χ1v) is 8.21. The van der Waals surface area contributed by atoms with Crippen molar-refractivity contribution in [3.63, 3.8) is 0 Å². The quantitative estimate of drug-likeness (QED) is 0.592. The van der Waals surface area contributed by atoms with Crippen molar-refractivity contribution in [2.45, 2.75) is 20.3 Å². The van der Waals surface area contributed by atoms with Gasteiger partial charge in [0.2, 0.25) is 5.91 Å². The minimum Gasteiger partial charge on any atom is -0.352 e. The molecule has 0 unspecified atom stereocenters. The largest absolute Gasteiger partial charge is 0.352 e. The Bertz CT molecular complexity index is 731. The molecular weight excluding hydrogens is 306 g/mol. The molecule has 2 rings (SSSR count). The van der Waals surface area contributed by atoms with Gasteiger partial charge in [-0.3, -0.25) is 4.79 Å². The van der Waals surface area contributed by atoms with Gasteiger partial charge in [0.1, 0.15) is 0 Å². The molecule has 0 spiro atoms. The lowest BCUT2D eigenvalue weighted by Crippen LogP contribution is -2.25. The molecule has 0 radical (unpaired) electrons. The van der Waals surface area contributed by atoms with Crippen LogP contribution in [0.5, 0.6) is 0 Å². The summed E-state index contributed by atoms with van der Waals surface area (Å²) in [5.41, 5.74) is 1.22. The zero-order chi connectivity index (χ0) is 16.7. The molecule has 1 N–H and O–H groups in total. The van der Waals surface area contributed by atoms with Crippen molar-refractivity contribution in [2.75, 3.05) is 6.54 Å². The number of allylic oxidation sites excluding steroid dienone is 3. The fourth-order valence-electron chi connectivity index (χ4n) is 2.18. The van der Waals surface area contributed by atoms with Crippen molar-refractivity contribution in [3.8, 4) is 0 Å². The Morgan fingerprint density at radius 3 is 2.70 bits per heavy atom. The third-order valence-corrected chi connectivity index (χ3v) is 3.63. The molecule has 0 aromatic heterocycles. The summed E-state index contributed by atoms with van der Waals surface area (Å²) in [7, 11) is 0. The summed E-state index contributed by atoms with van der Waals surface area (Å²) < 4.78 is 0. The number of benzene rings is 2. The number of fused-ring (bicyclic) bond motifs is 1. The van der Waals surface area contributed by atoms with E-state index in [1.807, 2.05) is 30.4 Å². The first-order valence-electron chi connectivity index (χ1n) is 7.84. The highest BCUT2D eigenvalue weighted by molar-refractivity contribution is 6.31. The molecule has 0 bridgehead atoms. The molecule has 0 atom stereocenters. The van der Waals surface area contributed by atoms with Crippen molar-refractivity contribution in [3.05, 3.63) is 71.3 Å². The van der Waals surface area contributed by atoms with Crippen LogP contribution in [0.3, 0.4) is 0 Å². The van der Waals surface area contributed by atoms with E-state index < -0.39 is 0 Å². The Morgan fingerprint density at radius 2 is 1.91 bits per heavy atom. The van der Waals surface area contributed by atoms with Crippen LogP contribution in [0.25, 0.3) is 10.8 Å². The van der Waals surface area contributed by atoms with E-state index in [9.17, 15) is 4.79 Å². The number of carbonyl (C=O) groups is 1. The van der Waals surface area contributed by atoms with Crippen LogP contribution in [-0.4, -0.2) is 12.5 Å². The Kier molecular flexibility index (Phi) is 6.42. The SMILES string of the molecule is CC(C)CNC(=O)/C=C/C=C/Cc1ccc2ccc(Cl)cc2c1. The molecular formula is C20H22ClNO. The number of amides is 1. The van der Waals surface area contributed by atoms with Crippen LogP contribution in [0.15, 0.2) is 60.7 Å². The van der Waals surface area contributed by atoms with Crippen molar-refractivity contribution in [1.29, 1.82) is 0 Å². The first-order chi connectivity index (χ1) is 11.0. The van der Waals surface area contributed by atoms with Gasteiger partial charge in [-0.05, 0) is 40.8 Å². The molecule has 0 saturated heterocycles. The maximum Gasteiger partial charge on any atom is 0.243 e. The summed E-state index contributed by atoms with van der Waals surface area (Å²) in [6.07, 6.45) is 8.09. The Balaban J connectivity index is 1.89. The minimum absolute atomic E-state index is 0.0521. The Morgan fingerprint density at radius 1 is 1.13 bits per heavy atom. The highest BCUT2D eigenvalue weighted by atomic mass is 35.5. The molecule has 0 aliphatic heterocycles. The summed E-state index contributed by atoms with van der Waals surface area (Å²) in [6, 6.07) is 12.3. The minimum atomic E-state index is -0.0521. The van der Waals surface area contributed by atoms with Gasteiger partial charge >= 0.3 is 0 Å². The Hall–Kier alpha value is -2.06. The number of hydrogen-bond donors (Lipinski definition) is 1. The number of nitrogens with one attached hydrogen (secondary N) is 1. The molecule has 3 heteroatoms. The second-order valence-electron chi connectivity index (χ2n) is 5.96. The van der Waals surface area contributed by atoms with Crippen molar-refractivity contribution in [2.24, 2.45) is 5.92 Å². The van der Waals surface area contributed by atoms with Gasteiger partial charge in [0, 0.05) is 17.6 Å². The van der Waals surface area contributed by atoms with Crippen LogP contribution in [0.4, 0.5) is 0 Å². The number of hydrogen-bond acceptors (Lipinski definition) is 1. The molecule has 0 saturated carbocycles. The van der Waals surface area contributed by atoms with E-state index in [0.717, 1.165) is 16.8 Å². The average Bonchev–Trinajstić information content (AvgIpc) is 2.52. The third kappa shape index (κ3) is 5.91. The van der Waals surface area contributed by atoms with Crippen molar-refractivity contribution in [1.82, 2.24) is 5.32 Å². The molecule has 23 heavy (non-hydrogen) atoms. The molecule has 2 aromatic rings. The number of rotatable bonds is 6. The lowest BCUT2D eigenvalue weighted by Gasteiger charge is -2.03. The zero-order valence-corrected chi connectivity index (χ0v) is 14.3. The van der Waals surface area contributed by atoms with Gasteiger partial charge in [-0.25, -0.2) is 0 Å². The summed E-state index contributed by atoms with van der Waals surface area (Å²) in [4.78, 5) is 11.5. The smallest absolute Gasteiger partial charge is 0.243 e. The standard InChI is InChI=1S/C20H22ClNO/c1-15(2)14-22-20(23)7-5-3-4-6-16-8-9-17-10-11-19(21)13-18(17)12-16/h3-5,7-13,15H,6,14H2,1-2H3,(H,22,23)/b4-3+,7-5+. The van der Waals surface area contributed by atoms with Crippen LogP contribution >= 0.6 is 11.6 Å². The fraction of sp³-hybridized carbons (Fsp3) is 0.250. The summed E-state index contributed by atoms with van der Waals surface area (Å²) in [5.74, 6) is 0.410. The molecule has 0 aliphatic rings. The van der Waals surface area contributed by atoms with E-state index in [1.165, 1.54) is 10.9 Å². The van der Waals surface area contributed by atoms with E-state index in [1.54, 1.807) is 12.2 Å². The zero-order valence-electron chi connectivity index (χ0n) is 13.6. The van der Waals surface area contributed by atoms with E-state index in [2.05, 4.69) is 37.4 Å². The van der Waals surface area contributed by atoms with Crippen LogP contribution < -0.4 is 5.32 Å². The van der Waals surface area contributed by atoms with Crippen LogP contribution in [-0.2, 0) is 11.2 Å². The molecule has 0 heterocycles. The average molecular weight is 328 g/mol. The second-order valence-corrected chi connectivity index (χ2v) is 6.39. The van der Waals surface area contributed by atoms with Crippen LogP contribution in [0.1, 0.15) is 19.4 Å². The van der Waals surface area contributed by atoms with Gasteiger partial charge in [0.05, 0.1) is 0 Å². The Labute approximate surface area is 142 Å². The van der Waals surface area contributed by atoms with Gasteiger partial charge in [0.25, 0.3) is 0 Å². The van der Waals surface area contributed by atoms with Gasteiger partial charge in [-0.2, -0.15) is 0 Å². The maximum atomic E-state index is 11.5. The number of halogens is 1. The lowest BCUT2D eigenvalue weighted by atomic mass is 10.0. The second kappa shape index (κ2) is 8.54.